The molecule has 2 aromatic rings. The predicted molar refractivity (Wildman–Crippen MR) is 94.4 cm³/mol. The molecule has 1 N–H and O–H groups in total. The number of nitrogens with one attached hydrogen (secondary N) is 1. The van der Waals surface area contributed by atoms with Gasteiger partial charge in [0.05, 0.1) is 11.0 Å². The van der Waals surface area contributed by atoms with Gasteiger partial charge in [0.15, 0.2) is 0 Å². The summed E-state index contributed by atoms with van der Waals surface area (Å²) in [5.41, 5.74) is 5.21. The summed E-state index contributed by atoms with van der Waals surface area (Å²) in [4.78, 5) is 23.1. The van der Waals surface area contributed by atoms with E-state index in [2.05, 4.69) is 24.4 Å². The molecule has 1 amide bonds. The lowest BCUT2D eigenvalue weighted by Gasteiger charge is -2.19. The van der Waals surface area contributed by atoms with Gasteiger partial charge in [0.1, 0.15) is 0 Å². The topological polar surface area (TPSA) is 72.2 Å². The molecule has 0 bridgehead atoms. The molecule has 0 saturated heterocycles. The maximum Gasteiger partial charge on any atom is 0.273 e. The molecule has 0 saturated carbocycles. The normalized spacial score (nSPS) is 11.9. The maximum atomic E-state index is 12.6. The summed E-state index contributed by atoms with van der Waals surface area (Å²) in [6, 6.07) is 8.55. The van der Waals surface area contributed by atoms with Gasteiger partial charge >= 0.3 is 0 Å². The summed E-state index contributed by atoms with van der Waals surface area (Å²) in [5.74, 6) is -0.304. The summed E-state index contributed by atoms with van der Waals surface area (Å²) >= 11 is 0. The van der Waals surface area contributed by atoms with Crippen LogP contribution in [0.25, 0.3) is 0 Å². The fourth-order valence-corrected chi connectivity index (χ4v) is 2.87. The molecule has 1 atom stereocenters. The summed E-state index contributed by atoms with van der Waals surface area (Å²) in [5, 5.41) is 14.0. The first-order chi connectivity index (χ1) is 11.2. The molecule has 0 unspecified atom stereocenters. The van der Waals surface area contributed by atoms with Crippen LogP contribution < -0.4 is 5.32 Å². The number of carbonyl (C=O) groups is 1. The number of hydrogen-bond acceptors (Lipinski definition) is 3. The third-order valence-corrected chi connectivity index (χ3v) is 4.44. The van der Waals surface area contributed by atoms with E-state index < -0.39 is 4.92 Å². The Kier molecular flexibility index (Phi) is 5.02. The number of rotatable bonds is 4. The van der Waals surface area contributed by atoms with Gasteiger partial charge < -0.3 is 5.32 Å². The molecule has 0 heterocycles. The number of aryl methyl sites for hydroxylation is 3. The maximum absolute atomic E-state index is 12.6. The van der Waals surface area contributed by atoms with Crippen LogP contribution in [0.15, 0.2) is 30.3 Å². The van der Waals surface area contributed by atoms with Crippen LogP contribution in [0.2, 0.25) is 0 Å². The van der Waals surface area contributed by atoms with Gasteiger partial charge in [-0.05, 0) is 62.9 Å². The van der Waals surface area contributed by atoms with Gasteiger partial charge in [-0.25, -0.2) is 0 Å². The third kappa shape index (κ3) is 3.45. The van der Waals surface area contributed by atoms with Gasteiger partial charge in [-0.2, -0.15) is 0 Å². The van der Waals surface area contributed by atoms with E-state index in [0.717, 1.165) is 11.1 Å². The van der Waals surface area contributed by atoms with Crippen molar-refractivity contribution >= 4 is 11.6 Å². The SMILES string of the molecule is Cc1cc(C)c([C@@H](C)NC(=O)c2cccc([N+](=O)[O-])c2C)cc1C. The van der Waals surface area contributed by atoms with Crippen LogP contribution in [-0.4, -0.2) is 10.8 Å². The van der Waals surface area contributed by atoms with Crippen LogP contribution >= 0.6 is 0 Å². The van der Waals surface area contributed by atoms with Crippen molar-refractivity contribution in [1.29, 1.82) is 0 Å². The molecule has 24 heavy (non-hydrogen) atoms. The number of benzene rings is 2. The molecule has 0 spiro atoms. The molecular formula is C19H22N2O3. The standard InChI is InChI=1S/C19H22N2O3/c1-11-9-13(3)17(10-12(11)2)15(5)20-19(22)16-7-6-8-18(14(16)4)21(23)24/h6-10,15H,1-5H3,(H,20,22)/t15-/m1/s1. The van der Waals surface area contributed by atoms with E-state index in [1.54, 1.807) is 13.0 Å². The Morgan fingerprint density at radius 1 is 1.08 bits per heavy atom. The van der Waals surface area contributed by atoms with Crippen LogP contribution in [0.3, 0.4) is 0 Å². The van der Waals surface area contributed by atoms with Crippen LogP contribution in [0, 0.1) is 37.8 Å². The number of nitro groups is 1. The molecule has 0 aliphatic carbocycles. The number of nitro benzene ring substituents is 1. The van der Waals surface area contributed by atoms with Gasteiger partial charge in [0.2, 0.25) is 0 Å². The molecule has 126 valence electrons. The van der Waals surface area contributed by atoms with Crippen molar-refractivity contribution in [1.82, 2.24) is 5.32 Å². The highest BCUT2D eigenvalue weighted by Crippen LogP contribution is 2.24. The second-order valence-electron chi connectivity index (χ2n) is 6.20. The average Bonchev–Trinajstić information content (AvgIpc) is 2.50. The zero-order valence-electron chi connectivity index (χ0n) is 14.6. The fraction of sp³-hybridized carbons (Fsp3) is 0.316. The van der Waals surface area contributed by atoms with Crippen molar-refractivity contribution in [2.24, 2.45) is 0 Å². The summed E-state index contributed by atoms with van der Waals surface area (Å²) in [6.07, 6.45) is 0. The molecule has 2 aromatic carbocycles. The minimum Gasteiger partial charge on any atom is -0.345 e. The molecule has 5 heteroatoms. The molecule has 2 rings (SSSR count). The van der Waals surface area contributed by atoms with E-state index >= 15 is 0 Å². The Balaban J connectivity index is 2.29. The van der Waals surface area contributed by atoms with E-state index in [1.165, 1.54) is 23.3 Å². The Bertz CT molecular complexity index is 812. The van der Waals surface area contributed by atoms with E-state index in [-0.39, 0.29) is 17.6 Å². The fourth-order valence-electron chi connectivity index (χ4n) is 2.87. The number of hydrogen-bond donors (Lipinski definition) is 1. The lowest BCUT2D eigenvalue weighted by molar-refractivity contribution is -0.385. The summed E-state index contributed by atoms with van der Waals surface area (Å²) in [7, 11) is 0. The van der Waals surface area contributed by atoms with E-state index in [0.29, 0.717) is 11.1 Å². The first kappa shape index (κ1) is 17.7. The second-order valence-corrected chi connectivity index (χ2v) is 6.20. The van der Waals surface area contributed by atoms with Crippen molar-refractivity contribution < 1.29 is 9.72 Å². The highest BCUT2D eigenvalue weighted by molar-refractivity contribution is 5.96. The van der Waals surface area contributed by atoms with E-state index in [9.17, 15) is 14.9 Å². The lowest BCUT2D eigenvalue weighted by Crippen LogP contribution is -2.28. The first-order valence-electron chi connectivity index (χ1n) is 7.85. The zero-order valence-corrected chi connectivity index (χ0v) is 14.6. The highest BCUT2D eigenvalue weighted by atomic mass is 16.6. The third-order valence-electron chi connectivity index (χ3n) is 4.44. The summed E-state index contributed by atoms with van der Waals surface area (Å²) in [6.45, 7) is 9.63. The van der Waals surface area contributed by atoms with Crippen molar-refractivity contribution in [2.45, 2.75) is 40.7 Å². The van der Waals surface area contributed by atoms with Crippen LogP contribution in [0.1, 0.15) is 51.1 Å². The zero-order chi connectivity index (χ0) is 18.0. The minimum absolute atomic E-state index is 0.0438. The molecular weight excluding hydrogens is 304 g/mol. The molecule has 0 radical (unpaired) electrons. The smallest absolute Gasteiger partial charge is 0.273 e. The second kappa shape index (κ2) is 6.83. The van der Waals surface area contributed by atoms with Crippen molar-refractivity contribution in [3.05, 3.63) is 73.8 Å². The van der Waals surface area contributed by atoms with Crippen molar-refractivity contribution in [2.75, 3.05) is 0 Å². The van der Waals surface area contributed by atoms with Gasteiger partial charge in [-0.3, -0.25) is 14.9 Å². The molecule has 0 aliphatic heterocycles. The Morgan fingerprint density at radius 2 is 1.71 bits per heavy atom. The van der Waals surface area contributed by atoms with Crippen LogP contribution in [0.4, 0.5) is 5.69 Å². The monoisotopic (exact) mass is 326 g/mol. The highest BCUT2D eigenvalue weighted by Gasteiger charge is 2.20. The van der Waals surface area contributed by atoms with Crippen molar-refractivity contribution in [3.8, 4) is 0 Å². The van der Waals surface area contributed by atoms with Gasteiger partial charge in [0, 0.05) is 17.2 Å². The predicted octanol–water partition coefficient (Wildman–Crippen LogP) is 4.32. The van der Waals surface area contributed by atoms with E-state index in [1.807, 2.05) is 20.8 Å². The van der Waals surface area contributed by atoms with Crippen molar-refractivity contribution in [3.63, 3.8) is 0 Å². The van der Waals surface area contributed by atoms with Gasteiger partial charge in [-0.15, -0.1) is 0 Å². The lowest BCUT2D eigenvalue weighted by atomic mass is 9.96. The van der Waals surface area contributed by atoms with Crippen LogP contribution in [0.5, 0.6) is 0 Å². The number of nitrogens with zero attached hydrogens (tertiary/aromatic N) is 1. The molecule has 5 nitrogen and oxygen atoms in total. The Morgan fingerprint density at radius 3 is 2.33 bits per heavy atom. The summed E-state index contributed by atoms with van der Waals surface area (Å²) < 4.78 is 0. The number of amides is 1. The molecule has 0 fully saturated rings. The van der Waals surface area contributed by atoms with Gasteiger partial charge in [0.25, 0.3) is 11.6 Å². The molecule has 0 aliphatic rings. The van der Waals surface area contributed by atoms with E-state index in [4.69, 9.17) is 0 Å². The van der Waals surface area contributed by atoms with Crippen LogP contribution in [-0.2, 0) is 0 Å². The molecule has 0 aromatic heterocycles. The minimum atomic E-state index is -0.469. The quantitative estimate of drug-likeness (QED) is 0.672. The Labute approximate surface area is 141 Å². The largest absolute Gasteiger partial charge is 0.345 e. The number of carbonyl (C=O) groups excluding carboxylic acids is 1. The van der Waals surface area contributed by atoms with Gasteiger partial charge in [-0.1, -0.05) is 18.2 Å². The Hall–Kier alpha value is -2.69. The average molecular weight is 326 g/mol. The first-order valence-corrected chi connectivity index (χ1v) is 7.85.